The Balaban J connectivity index is 1.91. The van der Waals surface area contributed by atoms with Gasteiger partial charge in [-0.25, -0.2) is 14.2 Å². The van der Waals surface area contributed by atoms with E-state index in [1.165, 1.54) is 31.2 Å². The molecule has 2 aromatic carbocycles. The number of halogens is 5. The Morgan fingerprint density at radius 3 is 2.55 bits per heavy atom. The summed E-state index contributed by atoms with van der Waals surface area (Å²) in [7, 11) is 1.09. The van der Waals surface area contributed by atoms with Gasteiger partial charge in [0.15, 0.2) is 17.2 Å². The lowest BCUT2D eigenvalue weighted by molar-refractivity contribution is -0.275. The van der Waals surface area contributed by atoms with E-state index >= 15 is 0 Å². The minimum Gasteiger partial charge on any atom is -0.493 e. The largest absolute Gasteiger partial charge is 0.493 e. The molecule has 3 aromatic rings. The topological polar surface area (TPSA) is 84.4 Å². The second-order valence-electron chi connectivity index (χ2n) is 8.10. The van der Waals surface area contributed by atoms with Crippen molar-refractivity contribution in [1.82, 2.24) is 9.97 Å². The molecule has 0 spiro atoms. The van der Waals surface area contributed by atoms with E-state index in [0.717, 1.165) is 20.1 Å². The van der Waals surface area contributed by atoms with E-state index in [1.807, 2.05) is 0 Å². The molecule has 11 heteroatoms. The average Bonchev–Trinajstić information content (AvgIpc) is 3.28. The third-order valence-electron chi connectivity index (χ3n) is 6.33. The van der Waals surface area contributed by atoms with Gasteiger partial charge < -0.3 is 19.6 Å². The quantitative estimate of drug-likeness (QED) is 0.502. The van der Waals surface area contributed by atoms with Gasteiger partial charge in [-0.15, -0.1) is 0 Å². The monoisotopic (exact) mass is 470 g/mol. The molecule has 6 nitrogen and oxygen atoms in total. The standard InChI is InChI=1S/C22H19F5N2O4/c1-9-15(11-5-6-12(23)16(24)17(11)32-3)18(33-21(9,2)22(25,26)27)19-28-13-7-4-10(20(30)31)8-14(13)29-19/h4-9,15,18H,1-3H3,(H,28,29)(H,30,31)/t9-,15-,18+,21+/m0/s1. The van der Waals surface area contributed by atoms with Gasteiger partial charge >= 0.3 is 12.1 Å². The molecule has 1 aromatic heterocycles. The van der Waals surface area contributed by atoms with Crippen LogP contribution in [0.5, 0.6) is 5.75 Å². The first kappa shape index (κ1) is 23.0. The lowest BCUT2D eigenvalue weighted by Gasteiger charge is -2.32. The van der Waals surface area contributed by atoms with Crippen molar-refractivity contribution >= 4 is 17.0 Å². The number of aromatic carboxylic acids is 1. The van der Waals surface area contributed by atoms with Crippen LogP contribution in [0.2, 0.25) is 0 Å². The van der Waals surface area contributed by atoms with Gasteiger partial charge in [0.1, 0.15) is 11.9 Å². The first-order valence-electron chi connectivity index (χ1n) is 9.88. The van der Waals surface area contributed by atoms with E-state index in [9.17, 15) is 31.9 Å². The number of imidazole rings is 1. The Labute approximate surface area is 184 Å². The van der Waals surface area contributed by atoms with Crippen molar-refractivity contribution in [2.45, 2.75) is 37.6 Å². The van der Waals surface area contributed by atoms with Crippen molar-refractivity contribution in [1.29, 1.82) is 0 Å². The fraction of sp³-hybridized carbons (Fsp3) is 0.364. The molecule has 1 fully saturated rings. The number of alkyl halides is 3. The van der Waals surface area contributed by atoms with Crippen LogP contribution in [0.1, 0.15) is 47.6 Å². The molecular weight excluding hydrogens is 451 g/mol. The second kappa shape index (κ2) is 7.68. The van der Waals surface area contributed by atoms with Gasteiger partial charge in [-0.3, -0.25) is 0 Å². The smallest absolute Gasteiger partial charge is 0.417 e. The molecule has 176 valence electrons. The van der Waals surface area contributed by atoms with Crippen LogP contribution in [0.15, 0.2) is 30.3 Å². The van der Waals surface area contributed by atoms with Gasteiger partial charge in [0, 0.05) is 17.4 Å². The van der Waals surface area contributed by atoms with Gasteiger partial charge in [-0.2, -0.15) is 17.6 Å². The molecule has 1 aliphatic rings. The summed E-state index contributed by atoms with van der Waals surface area (Å²) in [5.74, 6) is -6.61. The van der Waals surface area contributed by atoms with Crippen molar-refractivity contribution < 1.29 is 41.3 Å². The number of carboxylic acid groups (broad SMARTS) is 1. The summed E-state index contributed by atoms with van der Waals surface area (Å²) in [5, 5.41) is 9.19. The zero-order valence-electron chi connectivity index (χ0n) is 17.6. The van der Waals surface area contributed by atoms with E-state index in [1.54, 1.807) is 0 Å². The predicted molar refractivity (Wildman–Crippen MR) is 106 cm³/mol. The molecule has 0 unspecified atom stereocenters. The molecule has 0 aliphatic carbocycles. The fourth-order valence-electron chi connectivity index (χ4n) is 4.35. The maximum absolute atomic E-state index is 14.4. The number of hydrogen-bond acceptors (Lipinski definition) is 4. The highest BCUT2D eigenvalue weighted by Crippen LogP contribution is 2.59. The van der Waals surface area contributed by atoms with E-state index in [-0.39, 0.29) is 22.5 Å². The number of ether oxygens (including phenoxy) is 2. The minimum atomic E-state index is -4.78. The van der Waals surface area contributed by atoms with Crippen molar-refractivity contribution in [3.05, 3.63) is 58.9 Å². The SMILES string of the molecule is COc1c([C@H]2[C@H](c3nc4ccc(C(=O)O)cc4[nH]3)O[C@@](C)(C(F)(F)F)[C@H]2C)ccc(F)c1F. The normalized spacial score (nSPS) is 25.5. The number of carbonyl (C=O) groups is 1. The van der Waals surface area contributed by atoms with Gasteiger partial charge in [0.05, 0.1) is 23.7 Å². The predicted octanol–water partition coefficient (Wildman–Crippen LogP) is 5.36. The summed E-state index contributed by atoms with van der Waals surface area (Å²) < 4.78 is 81.0. The maximum Gasteiger partial charge on any atom is 0.417 e. The number of aromatic nitrogens is 2. The van der Waals surface area contributed by atoms with Crippen LogP contribution in [-0.4, -0.2) is 39.9 Å². The third-order valence-corrected chi connectivity index (χ3v) is 6.33. The fourth-order valence-corrected chi connectivity index (χ4v) is 4.35. The Hall–Kier alpha value is -3.21. The van der Waals surface area contributed by atoms with Crippen molar-refractivity contribution in [3.8, 4) is 5.75 Å². The van der Waals surface area contributed by atoms with Crippen molar-refractivity contribution in [2.75, 3.05) is 7.11 Å². The summed E-state index contributed by atoms with van der Waals surface area (Å²) in [5.41, 5.74) is -2.10. The highest BCUT2D eigenvalue weighted by Gasteiger charge is 2.65. The zero-order valence-corrected chi connectivity index (χ0v) is 17.6. The van der Waals surface area contributed by atoms with E-state index in [0.29, 0.717) is 5.52 Å². The number of aromatic amines is 1. The van der Waals surface area contributed by atoms with Gasteiger partial charge in [-0.05, 0) is 31.2 Å². The Bertz CT molecular complexity index is 1240. The maximum atomic E-state index is 14.4. The molecular formula is C22H19F5N2O4. The number of carboxylic acids is 1. The summed E-state index contributed by atoms with van der Waals surface area (Å²) in [4.78, 5) is 18.4. The van der Waals surface area contributed by atoms with Crippen LogP contribution >= 0.6 is 0 Å². The lowest BCUT2D eigenvalue weighted by atomic mass is 9.77. The molecule has 1 saturated heterocycles. The second-order valence-corrected chi connectivity index (χ2v) is 8.10. The number of fused-ring (bicyclic) bond motifs is 1. The highest BCUT2D eigenvalue weighted by atomic mass is 19.4. The van der Waals surface area contributed by atoms with Crippen molar-refractivity contribution in [3.63, 3.8) is 0 Å². The Kier molecular flexibility index (Phi) is 5.35. The van der Waals surface area contributed by atoms with Crippen LogP contribution in [0.3, 0.4) is 0 Å². The molecule has 4 rings (SSSR count). The van der Waals surface area contributed by atoms with E-state index in [2.05, 4.69) is 9.97 Å². The molecule has 33 heavy (non-hydrogen) atoms. The summed E-state index contributed by atoms with van der Waals surface area (Å²) >= 11 is 0. The number of methoxy groups -OCH3 is 1. The summed E-state index contributed by atoms with van der Waals surface area (Å²) in [6.45, 7) is 2.20. The zero-order chi connectivity index (χ0) is 24.3. The Morgan fingerprint density at radius 2 is 1.94 bits per heavy atom. The van der Waals surface area contributed by atoms with E-state index < -0.39 is 53.1 Å². The first-order valence-corrected chi connectivity index (χ1v) is 9.88. The van der Waals surface area contributed by atoms with Crippen LogP contribution in [0, 0.1) is 17.6 Å². The summed E-state index contributed by atoms with van der Waals surface area (Å²) in [6.07, 6.45) is -6.13. The van der Waals surface area contributed by atoms with Crippen LogP contribution in [0.25, 0.3) is 11.0 Å². The first-order chi connectivity index (χ1) is 15.4. The van der Waals surface area contributed by atoms with Gasteiger partial charge in [-0.1, -0.05) is 13.0 Å². The van der Waals surface area contributed by atoms with Gasteiger partial charge in [0.2, 0.25) is 5.82 Å². The number of rotatable bonds is 4. The molecule has 0 bridgehead atoms. The van der Waals surface area contributed by atoms with Crippen LogP contribution in [-0.2, 0) is 4.74 Å². The molecule has 4 atom stereocenters. The Morgan fingerprint density at radius 1 is 1.24 bits per heavy atom. The molecule has 2 heterocycles. The van der Waals surface area contributed by atoms with Gasteiger partial charge in [0.25, 0.3) is 0 Å². The number of nitrogens with one attached hydrogen (secondary N) is 1. The molecule has 0 amide bonds. The van der Waals surface area contributed by atoms with E-state index in [4.69, 9.17) is 9.47 Å². The molecule has 0 saturated carbocycles. The molecule has 0 radical (unpaired) electrons. The van der Waals surface area contributed by atoms with Crippen LogP contribution in [0.4, 0.5) is 22.0 Å². The molecule has 1 aliphatic heterocycles. The molecule has 2 N–H and O–H groups in total. The average molecular weight is 470 g/mol. The number of nitrogens with zero attached hydrogens (tertiary/aromatic N) is 1. The number of H-pyrrole nitrogens is 1. The third kappa shape index (κ3) is 3.50. The van der Waals surface area contributed by atoms with Crippen LogP contribution < -0.4 is 4.74 Å². The minimum absolute atomic E-state index is 0.00597. The number of hydrogen-bond donors (Lipinski definition) is 2. The lowest BCUT2D eigenvalue weighted by Crippen LogP contribution is -2.46. The number of benzene rings is 2. The van der Waals surface area contributed by atoms with Crippen molar-refractivity contribution in [2.24, 2.45) is 5.92 Å². The highest BCUT2D eigenvalue weighted by molar-refractivity contribution is 5.92. The summed E-state index contributed by atoms with van der Waals surface area (Å²) in [6, 6.07) is 6.00.